The average molecular weight is 375 g/mol. The Hall–Kier alpha value is -2.77. The molecule has 1 atom stereocenters. The lowest BCUT2D eigenvalue weighted by Gasteiger charge is -2.32. The number of carbonyl (C=O) groups excluding carboxylic acids is 3. The lowest BCUT2D eigenvalue weighted by Crippen LogP contribution is -2.39. The Labute approximate surface area is 158 Å². The van der Waals surface area contributed by atoms with Crippen LogP contribution in [0.15, 0.2) is 18.2 Å². The summed E-state index contributed by atoms with van der Waals surface area (Å²) in [5.74, 6) is 1.53. The number of benzene rings is 1. The zero-order valence-corrected chi connectivity index (χ0v) is 15.6. The van der Waals surface area contributed by atoms with Gasteiger partial charge in [-0.2, -0.15) is 0 Å². The number of methoxy groups -OCH3 is 2. The van der Waals surface area contributed by atoms with E-state index in [0.29, 0.717) is 25.4 Å². The molecule has 0 bridgehead atoms. The van der Waals surface area contributed by atoms with Gasteiger partial charge in [-0.15, -0.1) is 0 Å². The van der Waals surface area contributed by atoms with Gasteiger partial charge in [-0.1, -0.05) is 0 Å². The molecule has 1 aromatic rings. The number of likely N-dealkylation sites (tertiary alicyclic amines) is 1. The number of hydrogen-bond donors (Lipinski definition) is 2. The van der Waals surface area contributed by atoms with Gasteiger partial charge in [0.1, 0.15) is 17.5 Å². The number of rotatable bonds is 6. The second-order valence-electron chi connectivity index (χ2n) is 6.86. The summed E-state index contributed by atoms with van der Waals surface area (Å²) in [6.45, 7) is 1.35. The Morgan fingerprint density at radius 1 is 1.11 bits per heavy atom. The van der Waals surface area contributed by atoms with Crippen molar-refractivity contribution in [3.8, 4) is 11.5 Å². The Bertz CT molecular complexity index is 706. The van der Waals surface area contributed by atoms with Crippen molar-refractivity contribution in [1.29, 1.82) is 0 Å². The Morgan fingerprint density at radius 2 is 1.74 bits per heavy atom. The molecule has 4 amide bonds. The largest absolute Gasteiger partial charge is 0.497 e. The molecule has 1 aromatic carbocycles. The van der Waals surface area contributed by atoms with E-state index in [9.17, 15) is 14.4 Å². The molecule has 8 heteroatoms. The van der Waals surface area contributed by atoms with E-state index in [2.05, 4.69) is 10.6 Å². The van der Waals surface area contributed by atoms with Crippen molar-refractivity contribution in [3.63, 3.8) is 0 Å². The van der Waals surface area contributed by atoms with Gasteiger partial charge in [0.05, 0.1) is 14.2 Å². The molecule has 2 fully saturated rings. The highest BCUT2D eigenvalue weighted by atomic mass is 16.5. The van der Waals surface area contributed by atoms with Crippen LogP contribution in [0.3, 0.4) is 0 Å². The lowest BCUT2D eigenvalue weighted by molar-refractivity contribution is -0.132. The number of nitrogens with zero attached hydrogens (tertiary/aromatic N) is 1. The minimum atomic E-state index is -0.608. The number of carbonyl (C=O) groups is 3. The highest BCUT2D eigenvalue weighted by molar-refractivity contribution is 6.04. The second-order valence-corrected chi connectivity index (χ2v) is 6.86. The maximum absolute atomic E-state index is 12.4. The molecule has 2 aliphatic heterocycles. The Morgan fingerprint density at radius 3 is 2.26 bits per heavy atom. The quantitative estimate of drug-likeness (QED) is 0.733. The smallest absolute Gasteiger partial charge is 0.322 e. The summed E-state index contributed by atoms with van der Waals surface area (Å²) in [5.41, 5.74) is 1.16. The van der Waals surface area contributed by atoms with E-state index in [0.717, 1.165) is 29.9 Å². The van der Waals surface area contributed by atoms with Gasteiger partial charge in [-0.05, 0) is 42.9 Å². The highest BCUT2D eigenvalue weighted by Crippen LogP contribution is 2.33. The predicted octanol–water partition coefficient (Wildman–Crippen LogP) is 1.40. The summed E-state index contributed by atoms with van der Waals surface area (Å²) in [6.07, 6.45) is 2.30. The summed E-state index contributed by atoms with van der Waals surface area (Å²) in [5, 5.41) is 4.70. The maximum atomic E-state index is 12.4. The molecule has 8 nitrogen and oxygen atoms in total. The number of piperidine rings is 1. The number of imide groups is 1. The zero-order valence-electron chi connectivity index (χ0n) is 15.6. The summed E-state index contributed by atoms with van der Waals surface area (Å²) in [6, 6.07) is 4.79. The molecular formula is C19H25N3O5. The van der Waals surface area contributed by atoms with Gasteiger partial charge in [-0.25, -0.2) is 4.79 Å². The van der Waals surface area contributed by atoms with E-state index >= 15 is 0 Å². The molecule has 0 aromatic heterocycles. The van der Waals surface area contributed by atoms with Crippen LogP contribution >= 0.6 is 0 Å². The Balaban J connectivity index is 1.52. The third-order valence-corrected chi connectivity index (χ3v) is 5.20. The van der Waals surface area contributed by atoms with Crippen LogP contribution in [-0.4, -0.2) is 56.1 Å². The molecule has 2 heterocycles. The standard InChI is InChI=1S/C19H25N3O5/c1-26-14-9-13(10-15(11-14)27-2)12-5-7-22(8-6-12)17(23)4-3-16-18(24)21-19(25)20-16/h9-12,16H,3-8H2,1-2H3,(H2,20,21,24,25). The van der Waals surface area contributed by atoms with E-state index < -0.39 is 12.1 Å². The van der Waals surface area contributed by atoms with Gasteiger partial charge in [0.25, 0.3) is 5.91 Å². The van der Waals surface area contributed by atoms with Crippen LogP contribution in [0.2, 0.25) is 0 Å². The summed E-state index contributed by atoms with van der Waals surface area (Å²) < 4.78 is 10.7. The van der Waals surface area contributed by atoms with Crippen molar-refractivity contribution >= 4 is 17.8 Å². The summed E-state index contributed by atoms with van der Waals surface area (Å²) >= 11 is 0. The maximum Gasteiger partial charge on any atom is 0.322 e. The van der Waals surface area contributed by atoms with Crippen molar-refractivity contribution in [3.05, 3.63) is 23.8 Å². The van der Waals surface area contributed by atoms with Crippen LogP contribution in [0, 0.1) is 0 Å². The van der Waals surface area contributed by atoms with Gasteiger partial charge < -0.3 is 19.7 Å². The zero-order chi connectivity index (χ0) is 19.4. The van der Waals surface area contributed by atoms with Gasteiger partial charge in [0, 0.05) is 25.6 Å². The first-order chi connectivity index (χ1) is 13.0. The number of nitrogens with one attached hydrogen (secondary N) is 2. The fourth-order valence-electron chi connectivity index (χ4n) is 3.62. The van der Waals surface area contributed by atoms with Crippen LogP contribution in [0.25, 0.3) is 0 Å². The van der Waals surface area contributed by atoms with E-state index in [1.54, 1.807) is 14.2 Å². The van der Waals surface area contributed by atoms with Crippen LogP contribution in [0.4, 0.5) is 4.79 Å². The SMILES string of the molecule is COc1cc(OC)cc(C2CCN(C(=O)CCC3NC(=O)NC3=O)CC2)c1. The van der Waals surface area contributed by atoms with Gasteiger partial charge >= 0.3 is 6.03 Å². The van der Waals surface area contributed by atoms with Crippen molar-refractivity contribution in [1.82, 2.24) is 15.5 Å². The third-order valence-electron chi connectivity index (χ3n) is 5.20. The van der Waals surface area contributed by atoms with Crippen LogP contribution in [0.1, 0.15) is 37.2 Å². The van der Waals surface area contributed by atoms with Crippen molar-refractivity contribution in [2.45, 2.75) is 37.6 Å². The Kier molecular flexibility index (Phi) is 5.83. The van der Waals surface area contributed by atoms with Gasteiger partial charge in [0.15, 0.2) is 0 Å². The third kappa shape index (κ3) is 4.50. The predicted molar refractivity (Wildman–Crippen MR) is 97.8 cm³/mol. The molecule has 146 valence electrons. The minimum absolute atomic E-state index is 0.0191. The van der Waals surface area contributed by atoms with Crippen molar-refractivity contribution in [2.24, 2.45) is 0 Å². The highest BCUT2D eigenvalue weighted by Gasteiger charge is 2.31. The minimum Gasteiger partial charge on any atom is -0.497 e. The molecule has 1 unspecified atom stereocenters. The molecule has 2 N–H and O–H groups in total. The number of ether oxygens (including phenoxy) is 2. The topological polar surface area (TPSA) is 97.0 Å². The average Bonchev–Trinajstić information content (AvgIpc) is 3.02. The molecule has 0 spiro atoms. The van der Waals surface area contributed by atoms with Gasteiger partial charge in [0.2, 0.25) is 5.91 Å². The fourth-order valence-corrected chi connectivity index (χ4v) is 3.62. The van der Waals surface area contributed by atoms with Crippen molar-refractivity contribution < 1.29 is 23.9 Å². The van der Waals surface area contributed by atoms with Crippen LogP contribution in [0.5, 0.6) is 11.5 Å². The molecule has 0 aliphatic carbocycles. The second kappa shape index (κ2) is 8.28. The number of amides is 4. The molecule has 0 saturated carbocycles. The lowest BCUT2D eigenvalue weighted by atomic mass is 9.89. The van der Waals surface area contributed by atoms with E-state index in [1.807, 2.05) is 23.1 Å². The first-order valence-electron chi connectivity index (χ1n) is 9.12. The van der Waals surface area contributed by atoms with Crippen LogP contribution < -0.4 is 20.1 Å². The summed E-state index contributed by atoms with van der Waals surface area (Å²) in [7, 11) is 3.26. The van der Waals surface area contributed by atoms with E-state index in [1.165, 1.54) is 0 Å². The normalized spacial score (nSPS) is 20.2. The number of hydrogen-bond acceptors (Lipinski definition) is 5. The first-order valence-corrected chi connectivity index (χ1v) is 9.12. The van der Waals surface area contributed by atoms with E-state index in [-0.39, 0.29) is 18.2 Å². The van der Waals surface area contributed by atoms with Crippen molar-refractivity contribution in [2.75, 3.05) is 27.3 Å². The monoisotopic (exact) mass is 375 g/mol. The molecule has 0 radical (unpaired) electrons. The molecular weight excluding hydrogens is 350 g/mol. The van der Waals surface area contributed by atoms with Gasteiger partial charge in [-0.3, -0.25) is 14.9 Å². The molecule has 3 rings (SSSR count). The molecule has 2 aliphatic rings. The van der Waals surface area contributed by atoms with E-state index in [4.69, 9.17) is 9.47 Å². The molecule has 27 heavy (non-hydrogen) atoms. The molecule has 2 saturated heterocycles. The number of urea groups is 1. The van der Waals surface area contributed by atoms with Crippen LogP contribution in [-0.2, 0) is 9.59 Å². The summed E-state index contributed by atoms with van der Waals surface area (Å²) in [4.78, 5) is 36.9. The first kappa shape index (κ1) is 19.0. The fraction of sp³-hybridized carbons (Fsp3) is 0.526.